The second-order valence-electron chi connectivity index (χ2n) is 6.21. The molecule has 0 radical (unpaired) electrons. The Balaban J connectivity index is 2.37. The molecule has 0 atom stereocenters. The molecule has 1 rings (SSSR count). The summed E-state index contributed by atoms with van der Waals surface area (Å²) in [5, 5.41) is 15.0. The molecule has 4 heteroatoms. The molecule has 0 saturated carbocycles. The van der Waals surface area contributed by atoms with Crippen molar-refractivity contribution in [3.05, 3.63) is 29.8 Å². The summed E-state index contributed by atoms with van der Waals surface area (Å²) in [4.78, 5) is 11.9. The Hall–Kier alpha value is -1.55. The highest BCUT2D eigenvalue weighted by Gasteiger charge is 2.15. The van der Waals surface area contributed by atoms with Crippen LogP contribution in [0.2, 0.25) is 0 Å². The molecule has 2 amide bonds. The summed E-state index contributed by atoms with van der Waals surface area (Å²) < 4.78 is 0. The van der Waals surface area contributed by atoms with Gasteiger partial charge in [0.15, 0.2) is 0 Å². The number of hydrogen-bond acceptors (Lipinski definition) is 2. The molecule has 0 spiro atoms. The van der Waals surface area contributed by atoms with Gasteiger partial charge in [0.2, 0.25) is 0 Å². The maximum absolute atomic E-state index is 11.9. The zero-order valence-corrected chi connectivity index (χ0v) is 13.4. The van der Waals surface area contributed by atoms with Crippen LogP contribution < -0.4 is 10.6 Å². The van der Waals surface area contributed by atoms with Gasteiger partial charge in [-0.1, -0.05) is 45.4 Å². The zero-order chi connectivity index (χ0) is 15.7. The Morgan fingerprint density at radius 3 is 2.67 bits per heavy atom. The highest BCUT2D eigenvalue weighted by atomic mass is 16.3. The number of aliphatic hydroxyl groups is 1. The second-order valence-corrected chi connectivity index (χ2v) is 6.21. The summed E-state index contributed by atoms with van der Waals surface area (Å²) in [5.74, 6) is 0. The number of para-hydroxylation sites is 1. The summed E-state index contributed by atoms with van der Waals surface area (Å²) >= 11 is 0. The molecule has 0 saturated heterocycles. The topological polar surface area (TPSA) is 61.4 Å². The number of rotatable bonds is 8. The van der Waals surface area contributed by atoms with Crippen molar-refractivity contribution < 1.29 is 9.90 Å². The molecule has 0 unspecified atom stereocenters. The number of anilines is 1. The van der Waals surface area contributed by atoms with Crippen LogP contribution in [0, 0.1) is 5.41 Å². The number of aliphatic hydroxyl groups excluding tert-OH is 1. The van der Waals surface area contributed by atoms with Gasteiger partial charge >= 0.3 is 6.03 Å². The van der Waals surface area contributed by atoms with E-state index in [-0.39, 0.29) is 18.1 Å². The highest BCUT2D eigenvalue weighted by Crippen LogP contribution is 2.20. The molecular weight excluding hydrogens is 264 g/mol. The van der Waals surface area contributed by atoms with Crippen molar-refractivity contribution in [2.24, 2.45) is 5.41 Å². The maximum atomic E-state index is 11.9. The number of aryl methyl sites for hydroxylation is 1. The molecule has 1 aromatic rings. The van der Waals surface area contributed by atoms with Gasteiger partial charge in [0, 0.05) is 18.8 Å². The van der Waals surface area contributed by atoms with E-state index in [1.807, 2.05) is 38.1 Å². The lowest BCUT2D eigenvalue weighted by Gasteiger charge is -2.21. The standard InChI is InChI=1S/C17H28N2O2/c1-4-8-14-9-5-6-10-15(14)19-16(21)18-12-7-11-17(2,3)13-20/h5-6,9-10,20H,4,7-8,11-13H2,1-3H3,(H2,18,19,21). The molecular formula is C17H28N2O2. The van der Waals surface area contributed by atoms with E-state index >= 15 is 0 Å². The minimum absolute atomic E-state index is 0.0775. The number of carbonyl (C=O) groups is 1. The van der Waals surface area contributed by atoms with Gasteiger partial charge in [-0.05, 0) is 36.3 Å². The first-order valence-electron chi connectivity index (χ1n) is 7.72. The first-order valence-corrected chi connectivity index (χ1v) is 7.72. The lowest BCUT2D eigenvalue weighted by molar-refractivity contribution is 0.148. The Morgan fingerprint density at radius 2 is 2.00 bits per heavy atom. The zero-order valence-electron chi connectivity index (χ0n) is 13.4. The van der Waals surface area contributed by atoms with Crippen LogP contribution in [0.3, 0.4) is 0 Å². The fourth-order valence-corrected chi connectivity index (χ4v) is 2.14. The Bertz CT molecular complexity index is 444. The van der Waals surface area contributed by atoms with Gasteiger partial charge in [-0.15, -0.1) is 0 Å². The summed E-state index contributed by atoms with van der Waals surface area (Å²) in [6, 6.07) is 7.73. The van der Waals surface area contributed by atoms with E-state index in [0.717, 1.165) is 36.9 Å². The van der Waals surface area contributed by atoms with E-state index in [9.17, 15) is 9.90 Å². The normalized spacial score (nSPS) is 11.2. The molecule has 0 aliphatic carbocycles. The lowest BCUT2D eigenvalue weighted by Crippen LogP contribution is -2.30. The summed E-state index contributed by atoms with van der Waals surface area (Å²) in [6.07, 6.45) is 3.76. The van der Waals surface area contributed by atoms with Crippen LogP contribution in [-0.4, -0.2) is 24.3 Å². The predicted octanol–water partition coefficient (Wildman–Crippen LogP) is 3.56. The fraction of sp³-hybridized carbons (Fsp3) is 0.588. The van der Waals surface area contributed by atoms with Crippen LogP contribution in [0.1, 0.15) is 45.6 Å². The SMILES string of the molecule is CCCc1ccccc1NC(=O)NCCCC(C)(C)CO. The van der Waals surface area contributed by atoms with Crippen molar-refractivity contribution in [2.45, 2.75) is 46.5 Å². The van der Waals surface area contributed by atoms with Crippen LogP contribution in [-0.2, 0) is 6.42 Å². The Kier molecular flexibility index (Phi) is 7.23. The smallest absolute Gasteiger partial charge is 0.319 e. The number of hydrogen-bond donors (Lipinski definition) is 3. The molecule has 1 aromatic carbocycles. The average Bonchev–Trinajstić information content (AvgIpc) is 2.46. The van der Waals surface area contributed by atoms with Gasteiger partial charge in [0.25, 0.3) is 0 Å². The van der Waals surface area contributed by atoms with E-state index in [1.54, 1.807) is 0 Å². The van der Waals surface area contributed by atoms with E-state index < -0.39 is 0 Å². The van der Waals surface area contributed by atoms with Crippen LogP contribution in [0.25, 0.3) is 0 Å². The van der Waals surface area contributed by atoms with E-state index in [1.165, 1.54) is 0 Å². The Labute approximate surface area is 128 Å². The maximum Gasteiger partial charge on any atom is 0.319 e. The summed E-state index contributed by atoms with van der Waals surface area (Å²) in [7, 11) is 0. The molecule has 0 aliphatic heterocycles. The highest BCUT2D eigenvalue weighted by molar-refractivity contribution is 5.90. The first-order chi connectivity index (χ1) is 9.98. The summed E-state index contributed by atoms with van der Waals surface area (Å²) in [6.45, 7) is 6.96. The van der Waals surface area contributed by atoms with Crippen molar-refractivity contribution in [3.8, 4) is 0 Å². The number of urea groups is 1. The second kappa shape index (κ2) is 8.67. The third kappa shape index (κ3) is 6.63. The van der Waals surface area contributed by atoms with E-state index in [2.05, 4.69) is 17.6 Å². The number of amides is 2. The van der Waals surface area contributed by atoms with Crippen molar-refractivity contribution in [1.82, 2.24) is 5.32 Å². The van der Waals surface area contributed by atoms with Crippen molar-refractivity contribution in [2.75, 3.05) is 18.5 Å². The van der Waals surface area contributed by atoms with Gasteiger partial charge < -0.3 is 15.7 Å². The number of benzene rings is 1. The molecule has 118 valence electrons. The van der Waals surface area contributed by atoms with Gasteiger partial charge in [-0.3, -0.25) is 0 Å². The van der Waals surface area contributed by atoms with Crippen molar-refractivity contribution in [1.29, 1.82) is 0 Å². The molecule has 0 aromatic heterocycles. The fourth-order valence-electron chi connectivity index (χ4n) is 2.14. The van der Waals surface area contributed by atoms with Crippen LogP contribution in [0.5, 0.6) is 0 Å². The van der Waals surface area contributed by atoms with Gasteiger partial charge in [-0.2, -0.15) is 0 Å². The van der Waals surface area contributed by atoms with Crippen molar-refractivity contribution in [3.63, 3.8) is 0 Å². The predicted molar refractivity (Wildman–Crippen MR) is 87.6 cm³/mol. The minimum atomic E-state index is -0.166. The molecule has 0 heterocycles. The third-order valence-corrected chi connectivity index (χ3v) is 3.53. The summed E-state index contributed by atoms with van der Waals surface area (Å²) in [5.41, 5.74) is 1.97. The lowest BCUT2D eigenvalue weighted by atomic mass is 9.89. The molecule has 4 nitrogen and oxygen atoms in total. The van der Waals surface area contributed by atoms with Crippen molar-refractivity contribution >= 4 is 11.7 Å². The molecule has 21 heavy (non-hydrogen) atoms. The molecule has 0 fully saturated rings. The van der Waals surface area contributed by atoms with E-state index in [4.69, 9.17) is 0 Å². The van der Waals surface area contributed by atoms with Crippen LogP contribution in [0.4, 0.5) is 10.5 Å². The molecule has 0 bridgehead atoms. The minimum Gasteiger partial charge on any atom is -0.396 e. The largest absolute Gasteiger partial charge is 0.396 e. The Morgan fingerprint density at radius 1 is 1.29 bits per heavy atom. The average molecular weight is 292 g/mol. The third-order valence-electron chi connectivity index (χ3n) is 3.53. The van der Waals surface area contributed by atoms with Crippen LogP contribution >= 0.6 is 0 Å². The number of carbonyl (C=O) groups excluding carboxylic acids is 1. The molecule has 3 N–H and O–H groups in total. The number of nitrogens with one attached hydrogen (secondary N) is 2. The van der Waals surface area contributed by atoms with Gasteiger partial charge in [0.1, 0.15) is 0 Å². The van der Waals surface area contributed by atoms with Crippen LogP contribution in [0.15, 0.2) is 24.3 Å². The van der Waals surface area contributed by atoms with Gasteiger partial charge in [-0.25, -0.2) is 4.79 Å². The molecule has 0 aliphatic rings. The monoisotopic (exact) mass is 292 g/mol. The van der Waals surface area contributed by atoms with E-state index in [0.29, 0.717) is 6.54 Å². The quantitative estimate of drug-likeness (QED) is 0.642. The van der Waals surface area contributed by atoms with Gasteiger partial charge in [0.05, 0.1) is 0 Å². The first kappa shape index (κ1) is 17.5.